The van der Waals surface area contributed by atoms with Crippen LogP contribution in [-0.2, 0) is 16.0 Å². The number of hydrazone groups is 1. The summed E-state index contributed by atoms with van der Waals surface area (Å²) in [5, 5.41) is 7.59. The molecule has 3 aromatic carbocycles. The predicted octanol–water partition coefficient (Wildman–Crippen LogP) is 5.19. The van der Waals surface area contributed by atoms with E-state index in [4.69, 9.17) is 23.2 Å². The maximum absolute atomic E-state index is 13.7. The van der Waals surface area contributed by atoms with Gasteiger partial charge in [0.15, 0.2) is 0 Å². The van der Waals surface area contributed by atoms with E-state index in [1.807, 2.05) is 48.5 Å². The average Bonchev–Trinajstić information content (AvgIpc) is 3.24. The highest BCUT2D eigenvalue weighted by molar-refractivity contribution is 6.36. The third-order valence-corrected chi connectivity index (χ3v) is 7.22. The van der Waals surface area contributed by atoms with E-state index in [-0.39, 0.29) is 24.4 Å². The van der Waals surface area contributed by atoms with Crippen molar-refractivity contribution in [3.05, 3.63) is 105 Å². The fraction of sp³-hybridized carbons (Fsp3) is 0.148. The Bertz CT molecular complexity index is 1500. The Kier molecular flexibility index (Phi) is 5.35. The fourth-order valence-corrected chi connectivity index (χ4v) is 5.52. The van der Waals surface area contributed by atoms with Gasteiger partial charge in [0.1, 0.15) is 12.6 Å². The number of para-hydroxylation sites is 1. The van der Waals surface area contributed by atoms with Crippen molar-refractivity contribution in [2.75, 3.05) is 6.54 Å². The van der Waals surface area contributed by atoms with Crippen LogP contribution in [0.2, 0.25) is 10.0 Å². The third-order valence-electron chi connectivity index (χ3n) is 6.66. The minimum atomic E-state index is -0.661. The Morgan fingerprint density at radius 2 is 1.74 bits per heavy atom. The molecule has 0 bridgehead atoms. The molecule has 0 saturated carbocycles. The molecule has 3 heterocycles. The first-order valence-corrected chi connectivity index (χ1v) is 12.0. The van der Waals surface area contributed by atoms with Crippen LogP contribution in [0.4, 0.5) is 0 Å². The van der Waals surface area contributed by atoms with Gasteiger partial charge in [-0.1, -0.05) is 77.8 Å². The molecule has 0 aliphatic carbocycles. The normalized spacial score (nSPS) is 19.9. The molecule has 4 aromatic rings. The van der Waals surface area contributed by atoms with E-state index in [0.29, 0.717) is 22.0 Å². The minimum absolute atomic E-state index is 0.143. The maximum Gasteiger partial charge on any atom is 0.266 e. The molecular formula is C27H20Cl2N4O2. The third kappa shape index (κ3) is 3.70. The maximum atomic E-state index is 13.7. The van der Waals surface area contributed by atoms with E-state index in [9.17, 15) is 9.59 Å². The number of halogens is 2. The number of amides is 2. The molecule has 2 aliphatic heterocycles. The quantitative estimate of drug-likeness (QED) is 0.391. The number of nitrogens with one attached hydrogen (secondary N) is 1. The van der Waals surface area contributed by atoms with Crippen molar-refractivity contribution in [3.63, 3.8) is 0 Å². The zero-order chi connectivity index (χ0) is 24.1. The molecule has 2 amide bonds. The SMILES string of the molecule is O=C1[C@@H]2Cc3c([nH]c4ccccc34)C(c3ccccc3)N2C(=O)CN1/N=C/c1ccc(Cl)cc1Cl. The number of nitrogens with zero attached hydrogens (tertiary/aromatic N) is 3. The van der Waals surface area contributed by atoms with E-state index < -0.39 is 6.04 Å². The van der Waals surface area contributed by atoms with Crippen LogP contribution in [0.25, 0.3) is 10.9 Å². The van der Waals surface area contributed by atoms with Crippen LogP contribution in [0.5, 0.6) is 0 Å². The van der Waals surface area contributed by atoms with E-state index >= 15 is 0 Å². The summed E-state index contributed by atoms with van der Waals surface area (Å²) in [5.74, 6) is -0.380. The molecule has 174 valence electrons. The van der Waals surface area contributed by atoms with Crippen molar-refractivity contribution in [2.45, 2.75) is 18.5 Å². The fourth-order valence-electron chi connectivity index (χ4n) is 5.07. The first kappa shape index (κ1) is 21.9. The van der Waals surface area contributed by atoms with Crippen molar-refractivity contribution in [3.8, 4) is 0 Å². The molecule has 6 nitrogen and oxygen atoms in total. The number of benzene rings is 3. The topological polar surface area (TPSA) is 68.8 Å². The molecule has 0 radical (unpaired) electrons. The Hall–Kier alpha value is -3.61. The Balaban J connectivity index is 1.42. The van der Waals surface area contributed by atoms with E-state index in [2.05, 4.69) is 16.2 Å². The second kappa shape index (κ2) is 8.56. The lowest BCUT2D eigenvalue weighted by atomic mass is 9.86. The summed E-state index contributed by atoms with van der Waals surface area (Å²) >= 11 is 12.2. The van der Waals surface area contributed by atoms with Gasteiger partial charge in [-0.05, 0) is 29.3 Å². The van der Waals surface area contributed by atoms with Gasteiger partial charge in [0.25, 0.3) is 5.91 Å². The van der Waals surface area contributed by atoms with Gasteiger partial charge in [-0.15, -0.1) is 0 Å². The number of hydrogen-bond donors (Lipinski definition) is 1. The van der Waals surface area contributed by atoms with Gasteiger partial charge < -0.3 is 9.88 Å². The molecule has 6 rings (SSSR count). The van der Waals surface area contributed by atoms with E-state index in [1.165, 1.54) is 11.2 Å². The second-order valence-corrected chi connectivity index (χ2v) is 9.55. The number of piperazine rings is 1. The molecular weight excluding hydrogens is 483 g/mol. The number of hydrogen-bond acceptors (Lipinski definition) is 3. The van der Waals surface area contributed by atoms with E-state index in [1.54, 1.807) is 23.1 Å². The first-order valence-electron chi connectivity index (χ1n) is 11.3. The molecule has 1 saturated heterocycles. The summed E-state index contributed by atoms with van der Waals surface area (Å²) in [7, 11) is 0. The highest BCUT2D eigenvalue weighted by Gasteiger charge is 2.48. The van der Waals surface area contributed by atoms with Crippen LogP contribution in [0.15, 0.2) is 77.9 Å². The molecule has 1 unspecified atom stereocenters. The number of aromatic nitrogens is 1. The van der Waals surface area contributed by atoms with Gasteiger partial charge in [0, 0.05) is 33.6 Å². The Morgan fingerprint density at radius 3 is 2.54 bits per heavy atom. The van der Waals surface area contributed by atoms with Crippen LogP contribution in [0.1, 0.15) is 28.4 Å². The zero-order valence-corrected chi connectivity index (χ0v) is 20.0. The minimum Gasteiger partial charge on any atom is -0.356 e. The second-order valence-electron chi connectivity index (χ2n) is 8.70. The summed E-state index contributed by atoms with van der Waals surface area (Å²) in [5.41, 5.74) is 4.58. The van der Waals surface area contributed by atoms with Gasteiger partial charge in [-0.25, -0.2) is 5.01 Å². The standard InChI is InChI=1S/C27H20Cl2N4O2/c28-18-11-10-17(21(29)12-18)14-30-32-15-24(34)33-23(27(32)35)13-20-19-8-4-5-9-22(19)31-25(20)26(33)16-6-2-1-3-7-16/h1-12,14,23,26,31H,13,15H2/b30-14+/t23-,26?/m0/s1. The lowest BCUT2D eigenvalue weighted by Crippen LogP contribution is -2.61. The lowest BCUT2D eigenvalue weighted by molar-refractivity contribution is -0.158. The van der Waals surface area contributed by atoms with Crippen LogP contribution >= 0.6 is 23.2 Å². The van der Waals surface area contributed by atoms with Crippen LogP contribution < -0.4 is 0 Å². The molecule has 1 aromatic heterocycles. The van der Waals surface area contributed by atoms with Gasteiger partial charge in [-0.3, -0.25) is 9.59 Å². The van der Waals surface area contributed by atoms with Gasteiger partial charge in [-0.2, -0.15) is 5.10 Å². The zero-order valence-electron chi connectivity index (χ0n) is 18.5. The number of carbonyl (C=O) groups excluding carboxylic acids is 2. The monoisotopic (exact) mass is 502 g/mol. The molecule has 8 heteroatoms. The number of H-pyrrole nitrogens is 1. The molecule has 1 N–H and O–H groups in total. The van der Waals surface area contributed by atoms with Crippen molar-refractivity contribution in [1.82, 2.24) is 14.9 Å². The van der Waals surface area contributed by atoms with Gasteiger partial charge in [0.2, 0.25) is 5.91 Å². The smallest absolute Gasteiger partial charge is 0.266 e. The molecule has 2 atom stereocenters. The van der Waals surface area contributed by atoms with Crippen LogP contribution in [-0.4, -0.2) is 45.5 Å². The van der Waals surface area contributed by atoms with Crippen molar-refractivity contribution < 1.29 is 9.59 Å². The largest absolute Gasteiger partial charge is 0.356 e. The Labute approximate surface area is 211 Å². The summed E-state index contributed by atoms with van der Waals surface area (Å²) in [6, 6.07) is 21.8. The number of rotatable bonds is 3. The Morgan fingerprint density at radius 1 is 0.971 bits per heavy atom. The summed E-state index contributed by atoms with van der Waals surface area (Å²) in [4.78, 5) is 32.4. The van der Waals surface area contributed by atoms with Crippen molar-refractivity contribution in [2.24, 2.45) is 5.10 Å². The molecule has 0 spiro atoms. The van der Waals surface area contributed by atoms with Crippen molar-refractivity contribution in [1.29, 1.82) is 0 Å². The van der Waals surface area contributed by atoms with Gasteiger partial charge in [0.05, 0.1) is 17.3 Å². The molecule has 1 fully saturated rings. The number of fused-ring (bicyclic) bond motifs is 4. The number of carbonyl (C=O) groups is 2. The summed E-state index contributed by atoms with van der Waals surface area (Å²) in [6.45, 7) is -0.143. The summed E-state index contributed by atoms with van der Waals surface area (Å²) in [6.07, 6.45) is 1.91. The van der Waals surface area contributed by atoms with Crippen LogP contribution in [0, 0.1) is 0 Å². The number of aromatic amines is 1. The molecule has 2 aliphatic rings. The van der Waals surface area contributed by atoms with Crippen molar-refractivity contribution >= 4 is 52.1 Å². The first-order chi connectivity index (χ1) is 17.0. The lowest BCUT2D eigenvalue weighted by Gasteiger charge is -2.45. The highest BCUT2D eigenvalue weighted by atomic mass is 35.5. The predicted molar refractivity (Wildman–Crippen MR) is 137 cm³/mol. The van der Waals surface area contributed by atoms with Gasteiger partial charge >= 0.3 is 0 Å². The van der Waals surface area contributed by atoms with Crippen LogP contribution in [0.3, 0.4) is 0 Å². The average molecular weight is 503 g/mol. The van der Waals surface area contributed by atoms with E-state index in [0.717, 1.165) is 27.7 Å². The highest BCUT2D eigenvalue weighted by Crippen LogP contribution is 2.42. The molecule has 35 heavy (non-hydrogen) atoms. The summed E-state index contributed by atoms with van der Waals surface area (Å²) < 4.78 is 0.